The summed E-state index contributed by atoms with van der Waals surface area (Å²) in [5, 5.41) is 0. The lowest BCUT2D eigenvalue weighted by Crippen LogP contribution is -2.30. The SMILES string of the molecule is O=C(Cc1coc(-c2ccccc2)n1)N1CCc2ccccc21. The summed E-state index contributed by atoms with van der Waals surface area (Å²) < 4.78 is 5.50. The summed E-state index contributed by atoms with van der Waals surface area (Å²) in [6, 6.07) is 17.7. The van der Waals surface area contributed by atoms with Crippen LogP contribution in [-0.2, 0) is 17.6 Å². The zero-order valence-corrected chi connectivity index (χ0v) is 12.6. The van der Waals surface area contributed by atoms with Crippen molar-refractivity contribution in [2.24, 2.45) is 0 Å². The summed E-state index contributed by atoms with van der Waals surface area (Å²) in [6.45, 7) is 0.738. The van der Waals surface area contributed by atoms with E-state index in [0.717, 1.165) is 24.2 Å². The molecule has 2 heterocycles. The summed E-state index contributed by atoms with van der Waals surface area (Å²) in [7, 11) is 0. The molecule has 0 saturated heterocycles. The lowest BCUT2D eigenvalue weighted by atomic mass is 10.2. The molecule has 0 bridgehead atoms. The molecule has 4 nitrogen and oxygen atoms in total. The van der Waals surface area contributed by atoms with Gasteiger partial charge < -0.3 is 9.32 Å². The lowest BCUT2D eigenvalue weighted by Gasteiger charge is -2.16. The second-order valence-corrected chi connectivity index (χ2v) is 5.61. The fourth-order valence-corrected chi connectivity index (χ4v) is 2.95. The number of carbonyl (C=O) groups is 1. The number of rotatable bonds is 3. The van der Waals surface area contributed by atoms with Crippen LogP contribution in [0.3, 0.4) is 0 Å². The molecule has 3 aromatic rings. The Kier molecular flexibility index (Phi) is 3.42. The van der Waals surface area contributed by atoms with Gasteiger partial charge in [0.1, 0.15) is 6.26 Å². The van der Waals surface area contributed by atoms with Crippen molar-refractivity contribution in [1.29, 1.82) is 0 Å². The number of para-hydroxylation sites is 1. The molecule has 114 valence electrons. The van der Waals surface area contributed by atoms with Crippen LogP contribution in [-0.4, -0.2) is 17.4 Å². The molecule has 1 aliphatic rings. The third-order valence-electron chi connectivity index (χ3n) is 4.09. The van der Waals surface area contributed by atoms with Gasteiger partial charge in [-0.25, -0.2) is 4.98 Å². The molecule has 0 atom stereocenters. The number of aromatic nitrogens is 1. The van der Waals surface area contributed by atoms with Gasteiger partial charge in [0.2, 0.25) is 11.8 Å². The molecule has 4 heteroatoms. The largest absolute Gasteiger partial charge is 0.444 e. The van der Waals surface area contributed by atoms with Crippen molar-refractivity contribution in [3.8, 4) is 11.5 Å². The highest BCUT2D eigenvalue weighted by molar-refractivity contribution is 5.96. The number of oxazole rings is 1. The van der Waals surface area contributed by atoms with Gasteiger partial charge in [0.25, 0.3) is 0 Å². The van der Waals surface area contributed by atoms with Gasteiger partial charge in [-0.2, -0.15) is 0 Å². The van der Waals surface area contributed by atoms with Crippen molar-refractivity contribution in [3.63, 3.8) is 0 Å². The number of amides is 1. The van der Waals surface area contributed by atoms with Crippen LogP contribution in [0.4, 0.5) is 5.69 Å². The van der Waals surface area contributed by atoms with E-state index in [1.54, 1.807) is 6.26 Å². The quantitative estimate of drug-likeness (QED) is 0.744. The number of fused-ring (bicyclic) bond motifs is 1. The third-order valence-corrected chi connectivity index (χ3v) is 4.09. The average molecular weight is 304 g/mol. The molecule has 1 amide bonds. The first-order chi connectivity index (χ1) is 11.3. The molecule has 0 saturated carbocycles. The van der Waals surface area contributed by atoms with E-state index in [1.807, 2.05) is 53.4 Å². The van der Waals surface area contributed by atoms with Gasteiger partial charge in [-0.15, -0.1) is 0 Å². The molecule has 0 spiro atoms. The van der Waals surface area contributed by atoms with Crippen LogP contribution >= 0.6 is 0 Å². The van der Waals surface area contributed by atoms with Crippen molar-refractivity contribution in [3.05, 3.63) is 72.1 Å². The number of hydrogen-bond donors (Lipinski definition) is 0. The molecule has 0 fully saturated rings. The Morgan fingerprint density at radius 2 is 1.87 bits per heavy atom. The Balaban J connectivity index is 1.51. The van der Waals surface area contributed by atoms with E-state index in [1.165, 1.54) is 5.56 Å². The second kappa shape index (κ2) is 5.72. The van der Waals surface area contributed by atoms with E-state index < -0.39 is 0 Å². The first kappa shape index (κ1) is 13.8. The Morgan fingerprint density at radius 1 is 1.09 bits per heavy atom. The zero-order chi connectivity index (χ0) is 15.6. The van der Waals surface area contributed by atoms with Gasteiger partial charge in [0.15, 0.2) is 0 Å². The zero-order valence-electron chi connectivity index (χ0n) is 12.6. The number of nitrogens with zero attached hydrogens (tertiary/aromatic N) is 2. The van der Waals surface area contributed by atoms with E-state index in [4.69, 9.17) is 4.42 Å². The minimum absolute atomic E-state index is 0.0582. The maximum absolute atomic E-state index is 12.6. The molecule has 2 aromatic carbocycles. The highest BCUT2D eigenvalue weighted by Gasteiger charge is 2.24. The first-order valence-corrected chi connectivity index (χ1v) is 7.69. The Bertz CT molecular complexity index is 839. The van der Waals surface area contributed by atoms with Crippen molar-refractivity contribution >= 4 is 11.6 Å². The van der Waals surface area contributed by atoms with Crippen LogP contribution in [0.2, 0.25) is 0 Å². The summed E-state index contributed by atoms with van der Waals surface area (Å²) >= 11 is 0. The van der Waals surface area contributed by atoms with E-state index in [9.17, 15) is 4.79 Å². The fourth-order valence-electron chi connectivity index (χ4n) is 2.95. The monoisotopic (exact) mass is 304 g/mol. The highest BCUT2D eigenvalue weighted by atomic mass is 16.3. The fraction of sp³-hybridized carbons (Fsp3) is 0.158. The topological polar surface area (TPSA) is 46.3 Å². The van der Waals surface area contributed by atoms with Crippen LogP contribution in [0, 0.1) is 0 Å². The summed E-state index contributed by atoms with van der Waals surface area (Å²) in [5.41, 5.74) is 3.83. The number of benzene rings is 2. The minimum atomic E-state index is 0.0582. The first-order valence-electron chi connectivity index (χ1n) is 7.69. The average Bonchev–Trinajstić information content (AvgIpc) is 3.22. The molecule has 0 radical (unpaired) electrons. The Morgan fingerprint density at radius 3 is 2.74 bits per heavy atom. The van der Waals surface area contributed by atoms with Crippen molar-refractivity contribution in [1.82, 2.24) is 4.98 Å². The predicted octanol–water partition coefficient (Wildman–Crippen LogP) is 3.47. The smallest absolute Gasteiger partial charge is 0.233 e. The number of carbonyl (C=O) groups excluding carboxylic acids is 1. The van der Waals surface area contributed by atoms with Gasteiger partial charge in [0.05, 0.1) is 12.1 Å². The van der Waals surface area contributed by atoms with E-state index >= 15 is 0 Å². The molecule has 0 N–H and O–H groups in total. The molecule has 0 unspecified atom stereocenters. The molecule has 1 aromatic heterocycles. The van der Waals surface area contributed by atoms with E-state index in [-0.39, 0.29) is 12.3 Å². The maximum Gasteiger partial charge on any atom is 0.233 e. The van der Waals surface area contributed by atoms with Gasteiger partial charge in [-0.05, 0) is 30.2 Å². The van der Waals surface area contributed by atoms with Crippen LogP contribution < -0.4 is 4.90 Å². The minimum Gasteiger partial charge on any atom is -0.444 e. The van der Waals surface area contributed by atoms with Crippen molar-refractivity contribution in [2.75, 3.05) is 11.4 Å². The van der Waals surface area contributed by atoms with Gasteiger partial charge in [-0.3, -0.25) is 4.79 Å². The maximum atomic E-state index is 12.6. The number of hydrogen-bond acceptors (Lipinski definition) is 3. The standard InChI is InChI=1S/C19H16N2O2/c22-18(21-11-10-14-6-4-5-9-17(14)21)12-16-13-23-19(20-16)15-7-2-1-3-8-15/h1-9,13H,10-12H2. The third kappa shape index (κ3) is 2.63. The predicted molar refractivity (Wildman–Crippen MR) is 88.1 cm³/mol. The molecule has 4 rings (SSSR count). The molecule has 0 aliphatic carbocycles. The van der Waals surface area contributed by atoms with Gasteiger partial charge in [0, 0.05) is 17.8 Å². The van der Waals surface area contributed by atoms with Gasteiger partial charge in [-0.1, -0.05) is 36.4 Å². The van der Waals surface area contributed by atoms with Crippen molar-refractivity contribution in [2.45, 2.75) is 12.8 Å². The summed E-state index contributed by atoms with van der Waals surface area (Å²) in [5.74, 6) is 0.609. The summed E-state index contributed by atoms with van der Waals surface area (Å²) in [4.78, 5) is 18.8. The van der Waals surface area contributed by atoms with Crippen LogP contribution in [0.15, 0.2) is 65.3 Å². The van der Waals surface area contributed by atoms with Crippen LogP contribution in [0.1, 0.15) is 11.3 Å². The van der Waals surface area contributed by atoms with E-state index in [2.05, 4.69) is 11.1 Å². The molecular formula is C19H16N2O2. The Labute approximate surface area is 134 Å². The highest BCUT2D eigenvalue weighted by Crippen LogP contribution is 2.28. The lowest BCUT2D eigenvalue weighted by molar-refractivity contribution is -0.117. The van der Waals surface area contributed by atoms with Crippen molar-refractivity contribution < 1.29 is 9.21 Å². The van der Waals surface area contributed by atoms with Crippen LogP contribution in [0.5, 0.6) is 0 Å². The van der Waals surface area contributed by atoms with E-state index in [0.29, 0.717) is 11.6 Å². The molecular weight excluding hydrogens is 288 g/mol. The molecule has 23 heavy (non-hydrogen) atoms. The Hall–Kier alpha value is -2.88. The van der Waals surface area contributed by atoms with Crippen LogP contribution in [0.25, 0.3) is 11.5 Å². The molecule has 1 aliphatic heterocycles. The normalized spacial score (nSPS) is 13.1. The van der Waals surface area contributed by atoms with Gasteiger partial charge >= 0.3 is 0 Å². The number of anilines is 1. The summed E-state index contributed by atoms with van der Waals surface area (Å²) in [6.07, 6.45) is 2.74. The second-order valence-electron chi connectivity index (χ2n) is 5.61.